The maximum absolute atomic E-state index is 12.3. The first-order chi connectivity index (χ1) is 9.52. The number of halogens is 1. The predicted octanol–water partition coefficient (Wildman–Crippen LogP) is 2.96. The molecule has 1 fully saturated rings. The van der Waals surface area contributed by atoms with Crippen LogP contribution in [0.2, 0.25) is 5.02 Å². The standard InChI is InChI=1S/C15H19ClN2O2/c1-3-10(2)13-8-17-15(20)18(13)9-14(19)11-5-4-6-12(16)7-11/h4-7,10,13H,3,8-9H2,1-2H3,(H,17,20)/t10-,13+/m0/s1. The summed E-state index contributed by atoms with van der Waals surface area (Å²) in [5.41, 5.74) is 0.542. The Morgan fingerprint density at radius 3 is 2.95 bits per heavy atom. The second-order valence-electron chi connectivity index (χ2n) is 5.20. The first-order valence-electron chi connectivity index (χ1n) is 6.86. The predicted molar refractivity (Wildman–Crippen MR) is 79.1 cm³/mol. The van der Waals surface area contributed by atoms with Gasteiger partial charge in [0, 0.05) is 17.1 Å². The Balaban J connectivity index is 2.11. The molecule has 1 aromatic carbocycles. The summed E-state index contributed by atoms with van der Waals surface area (Å²) < 4.78 is 0. The molecule has 0 unspecified atom stereocenters. The van der Waals surface area contributed by atoms with Gasteiger partial charge in [-0.3, -0.25) is 4.79 Å². The third-order valence-electron chi connectivity index (χ3n) is 3.88. The molecule has 1 saturated heterocycles. The number of hydrogen-bond donors (Lipinski definition) is 1. The average Bonchev–Trinajstić information content (AvgIpc) is 2.79. The lowest BCUT2D eigenvalue weighted by molar-refractivity contribution is 0.0922. The molecule has 1 aliphatic rings. The van der Waals surface area contributed by atoms with Crippen LogP contribution in [0.3, 0.4) is 0 Å². The molecule has 0 saturated carbocycles. The molecule has 1 aliphatic heterocycles. The van der Waals surface area contributed by atoms with Crippen molar-refractivity contribution in [2.75, 3.05) is 13.1 Å². The summed E-state index contributed by atoms with van der Waals surface area (Å²) >= 11 is 5.89. The van der Waals surface area contributed by atoms with E-state index in [4.69, 9.17) is 11.6 Å². The molecule has 0 bridgehead atoms. The summed E-state index contributed by atoms with van der Waals surface area (Å²) in [4.78, 5) is 25.8. The highest BCUT2D eigenvalue weighted by atomic mass is 35.5. The topological polar surface area (TPSA) is 49.4 Å². The van der Waals surface area contributed by atoms with Crippen LogP contribution in [-0.2, 0) is 0 Å². The van der Waals surface area contributed by atoms with Gasteiger partial charge in [0.25, 0.3) is 0 Å². The molecule has 5 heteroatoms. The molecule has 2 rings (SSSR count). The van der Waals surface area contributed by atoms with Gasteiger partial charge >= 0.3 is 6.03 Å². The Bertz CT molecular complexity index is 518. The summed E-state index contributed by atoms with van der Waals surface area (Å²) in [5, 5.41) is 3.34. The highest BCUT2D eigenvalue weighted by Crippen LogP contribution is 2.20. The van der Waals surface area contributed by atoms with E-state index < -0.39 is 0 Å². The molecule has 0 aliphatic carbocycles. The van der Waals surface area contributed by atoms with E-state index in [-0.39, 0.29) is 24.4 Å². The second kappa shape index (κ2) is 6.27. The zero-order valence-electron chi connectivity index (χ0n) is 11.7. The molecule has 1 aromatic rings. The Morgan fingerprint density at radius 1 is 1.55 bits per heavy atom. The van der Waals surface area contributed by atoms with Crippen LogP contribution in [0.25, 0.3) is 0 Å². The van der Waals surface area contributed by atoms with Gasteiger partial charge in [0.1, 0.15) is 0 Å². The number of nitrogens with one attached hydrogen (secondary N) is 1. The molecule has 1 N–H and O–H groups in total. The van der Waals surface area contributed by atoms with E-state index in [1.165, 1.54) is 0 Å². The molecule has 2 amide bonds. The highest BCUT2D eigenvalue weighted by molar-refractivity contribution is 6.31. The number of urea groups is 1. The van der Waals surface area contributed by atoms with Gasteiger partial charge in [-0.15, -0.1) is 0 Å². The van der Waals surface area contributed by atoms with Crippen molar-refractivity contribution in [3.05, 3.63) is 34.9 Å². The maximum Gasteiger partial charge on any atom is 0.318 e. The zero-order chi connectivity index (χ0) is 14.7. The molecular formula is C15H19ClN2O2. The number of hydrogen-bond acceptors (Lipinski definition) is 2. The van der Waals surface area contributed by atoms with Crippen molar-refractivity contribution in [3.8, 4) is 0 Å². The largest absolute Gasteiger partial charge is 0.336 e. The molecule has 20 heavy (non-hydrogen) atoms. The quantitative estimate of drug-likeness (QED) is 0.849. The lowest BCUT2D eigenvalue weighted by atomic mass is 9.98. The summed E-state index contributed by atoms with van der Waals surface area (Å²) in [6, 6.07) is 6.74. The van der Waals surface area contributed by atoms with E-state index in [0.717, 1.165) is 6.42 Å². The normalized spacial score (nSPS) is 19.9. The van der Waals surface area contributed by atoms with Crippen molar-refractivity contribution >= 4 is 23.4 Å². The van der Waals surface area contributed by atoms with Crippen LogP contribution in [0.4, 0.5) is 4.79 Å². The van der Waals surface area contributed by atoms with Crippen molar-refractivity contribution in [3.63, 3.8) is 0 Å². The van der Waals surface area contributed by atoms with Crippen molar-refractivity contribution in [1.29, 1.82) is 0 Å². The van der Waals surface area contributed by atoms with Gasteiger partial charge in [-0.1, -0.05) is 44.0 Å². The number of benzene rings is 1. The lowest BCUT2D eigenvalue weighted by Gasteiger charge is -2.26. The minimum Gasteiger partial charge on any atom is -0.336 e. The van der Waals surface area contributed by atoms with Crippen LogP contribution in [0.15, 0.2) is 24.3 Å². The molecule has 0 radical (unpaired) electrons. The van der Waals surface area contributed by atoms with Gasteiger partial charge in [-0.25, -0.2) is 4.79 Å². The Hall–Kier alpha value is -1.55. The van der Waals surface area contributed by atoms with E-state index in [1.807, 2.05) is 0 Å². The van der Waals surface area contributed by atoms with Gasteiger partial charge < -0.3 is 10.2 Å². The van der Waals surface area contributed by atoms with Crippen molar-refractivity contribution in [1.82, 2.24) is 10.2 Å². The number of carbonyl (C=O) groups is 2. The third kappa shape index (κ3) is 3.12. The molecule has 0 spiro atoms. The molecule has 1 heterocycles. The van der Waals surface area contributed by atoms with Crippen molar-refractivity contribution in [2.45, 2.75) is 26.3 Å². The monoisotopic (exact) mass is 294 g/mol. The zero-order valence-corrected chi connectivity index (χ0v) is 12.5. The van der Waals surface area contributed by atoms with Crippen LogP contribution in [0.5, 0.6) is 0 Å². The summed E-state index contributed by atoms with van der Waals surface area (Å²) in [7, 11) is 0. The lowest BCUT2D eigenvalue weighted by Crippen LogP contribution is -2.41. The minimum absolute atomic E-state index is 0.0793. The van der Waals surface area contributed by atoms with Crippen LogP contribution in [-0.4, -0.2) is 35.8 Å². The molecule has 2 atom stereocenters. The fourth-order valence-electron chi connectivity index (χ4n) is 2.43. The fourth-order valence-corrected chi connectivity index (χ4v) is 2.62. The van der Waals surface area contributed by atoms with Crippen LogP contribution in [0, 0.1) is 5.92 Å². The van der Waals surface area contributed by atoms with Crippen LogP contribution < -0.4 is 5.32 Å². The molecule has 108 valence electrons. The summed E-state index contributed by atoms with van der Waals surface area (Å²) in [5.74, 6) is 0.277. The van der Waals surface area contributed by atoms with E-state index in [2.05, 4.69) is 19.2 Å². The van der Waals surface area contributed by atoms with E-state index in [1.54, 1.807) is 29.2 Å². The van der Waals surface area contributed by atoms with Gasteiger partial charge in [-0.05, 0) is 18.1 Å². The number of Topliss-reactive ketones (excluding diaryl/α,β-unsaturated/α-hetero) is 1. The third-order valence-corrected chi connectivity index (χ3v) is 4.12. The number of rotatable bonds is 5. The van der Waals surface area contributed by atoms with E-state index in [0.29, 0.717) is 23.0 Å². The second-order valence-corrected chi connectivity index (χ2v) is 5.64. The van der Waals surface area contributed by atoms with E-state index in [9.17, 15) is 9.59 Å². The van der Waals surface area contributed by atoms with Crippen LogP contribution in [0.1, 0.15) is 30.6 Å². The van der Waals surface area contributed by atoms with Crippen molar-refractivity contribution in [2.24, 2.45) is 5.92 Å². The SMILES string of the molecule is CC[C@H](C)[C@H]1CNC(=O)N1CC(=O)c1cccc(Cl)c1. The fraction of sp³-hybridized carbons (Fsp3) is 0.467. The summed E-state index contributed by atoms with van der Waals surface area (Å²) in [6.45, 7) is 4.89. The smallest absolute Gasteiger partial charge is 0.318 e. The maximum atomic E-state index is 12.3. The number of ketones is 1. The molecular weight excluding hydrogens is 276 g/mol. The highest BCUT2D eigenvalue weighted by Gasteiger charge is 2.34. The first kappa shape index (κ1) is 14.9. The number of carbonyl (C=O) groups excluding carboxylic acids is 2. The molecule has 0 aromatic heterocycles. The van der Waals surface area contributed by atoms with Crippen LogP contribution >= 0.6 is 11.6 Å². The Kier molecular flexibility index (Phi) is 4.65. The Labute approximate surface area is 124 Å². The molecule has 4 nitrogen and oxygen atoms in total. The van der Waals surface area contributed by atoms with Gasteiger partial charge in [0.05, 0.1) is 12.6 Å². The van der Waals surface area contributed by atoms with Gasteiger partial charge in [-0.2, -0.15) is 0 Å². The number of nitrogens with zero attached hydrogens (tertiary/aromatic N) is 1. The first-order valence-corrected chi connectivity index (χ1v) is 7.24. The van der Waals surface area contributed by atoms with Gasteiger partial charge in [0.15, 0.2) is 5.78 Å². The summed E-state index contributed by atoms with van der Waals surface area (Å²) in [6.07, 6.45) is 0.974. The average molecular weight is 295 g/mol. The number of amides is 2. The van der Waals surface area contributed by atoms with E-state index >= 15 is 0 Å². The van der Waals surface area contributed by atoms with Crippen molar-refractivity contribution < 1.29 is 9.59 Å². The Morgan fingerprint density at radius 2 is 2.30 bits per heavy atom. The minimum atomic E-state index is -0.161. The van der Waals surface area contributed by atoms with Gasteiger partial charge in [0.2, 0.25) is 0 Å².